The zero-order valence-electron chi connectivity index (χ0n) is 29.2. The van der Waals surface area contributed by atoms with Crippen molar-refractivity contribution in [2.75, 3.05) is 43.1 Å². The predicted octanol–water partition coefficient (Wildman–Crippen LogP) is 7.55. The fraction of sp³-hybridized carbons (Fsp3) is 0.385. The molecule has 1 aliphatic rings. The molecule has 2 heterocycles. The lowest BCUT2D eigenvalue weighted by atomic mass is 10.00. The number of hydrogen-bond donors (Lipinski definition) is 1. The minimum Gasteiger partial charge on any atom is -0.491 e. The van der Waals surface area contributed by atoms with E-state index in [0.29, 0.717) is 47.5 Å². The van der Waals surface area contributed by atoms with Crippen LogP contribution in [-0.4, -0.2) is 58.2 Å². The van der Waals surface area contributed by atoms with Gasteiger partial charge in [-0.2, -0.15) is 5.10 Å². The molecule has 1 atom stereocenters. The first kappa shape index (κ1) is 35.9. The number of benzene rings is 3. The fourth-order valence-electron chi connectivity index (χ4n) is 5.56. The number of aryl methyl sites for hydroxylation is 2. The van der Waals surface area contributed by atoms with Gasteiger partial charge in [0.05, 0.1) is 34.5 Å². The maximum atomic E-state index is 13.6. The maximum absolute atomic E-state index is 13.6. The summed E-state index contributed by atoms with van der Waals surface area (Å²) in [6, 6.07) is 21.7. The van der Waals surface area contributed by atoms with E-state index in [1.165, 1.54) is 0 Å². The third-order valence-corrected chi connectivity index (χ3v) is 9.64. The summed E-state index contributed by atoms with van der Waals surface area (Å²) in [7, 11) is -1.34. The molecule has 0 saturated heterocycles. The molecule has 0 fully saturated rings. The van der Waals surface area contributed by atoms with Gasteiger partial charge in [-0.15, -0.1) is 5.10 Å². The van der Waals surface area contributed by atoms with Gasteiger partial charge in [0.25, 0.3) is 5.91 Å². The Balaban J connectivity index is 1.28. The molecule has 5 rings (SSSR count). The molecule has 0 bridgehead atoms. The van der Waals surface area contributed by atoms with Crippen molar-refractivity contribution in [3.8, 4) is 16.9 Å². The van der Waals surface area contributed by atoms with Crippen LogP contribution in [0.15, 0.2) is 77.2 Å². The average Bonchev–Trinajstić information content (AvgIpc) is 3.27. The minimum absolute atomic E-state index is 0.147. The number of unbranched alkanes of at least 4 members (excludes halogenated alkanes) is 1. The number of carbonyl (C=O) groups excluding carboxylic acids is 1. The van der Waals surface area contributed by atoms with Gasteiger partial charge in [0, 0.05) is 41.5 Å². The van der Waals surface area contributed by atoms with Gasteiger partial charge < -0.3 is 19.7 Å². The monoisotopic (exact) mass is 681 g/mol. The Morgan fingerprint density at radius 3 is 2.41 bits per heavy atom. The zero-order valence-corrected chi connectivity index (χ0v) is 30.0. The number of amides is 1. The molecule has 1 N–H and O–H groups in total. The van der Waals surface area contributed by atoms with Crippen molar-refractivity contribution in [3.05, 3.63) is 95.1 Å². The van der Waals surface area contributed by atoms with Crippen LogP contribution in [0.5, 0.6) is 5.75 Å². The van der Waals surface area contributed by atoms with Gasteiger partial charge in [-0.25, -0.2) is 4.98 Å². The van der Waals surface area contributed by atoms with Crippen molar-refractivity contribution >= 4 is 34.2 Å². The molecule has 1 aliphatic heterocycles. The Morgan fingerprint density at radius 1 is 0.939 bits per heavy atom. The molecule has 49 heavy (non-hydrogen) atoms. The number of aromatic nitrogens is 3. The zero-order chi connectivity index (χ0) is 34.8. The Bertz CT molecular complexity index is 1770. The van der Waals surface area contributed by atoms with Crippen molar-refractivity contribution in [1.82, 2.24) is 15.2 Å². The molecule has 10 heteroatoms. The highest BCUT2D eigenvalue weighted by atomic mass is 32.2. The van der Waals surface area contributed by atoms with Crippen LogP contribution >= 0.6 is 0 Å². The maximum Gasteiger partial charge on any atom is 0.251 e. The molecule has 1 amide bonds. The Labute approximate surface area is 292 Å². The highest BCUT2D eigenvalue weighted by Crippen LogP contribution is 2.34. The van der Waals surface area contributed by atoms with Crippen LogP contribution in [-0.2, 0) is 26.1 Å². The van der Waals surface area contributed by atoms with E-state index in [9.17, 15) is 9.00 Å². The molecule has 0 aliphatic carbocycles. The summed E-state index contributed by atoms with van der Waals surface area (Å²) in [6.45, 7) is 13.8. The minimum atomic E-state index is -1.34. The smallest absolute Gasteiger partial charge is 0.251 e. The van der Waals surface area contributed by atoms with Gasteiger partial charge in [-0.1, -0.05) is 45.4 Å². The van der Waals surface area contributed by atoms with E-state index in [-0.39, 0.29) is 11.7 Å². The summed E-state index contributed by atoms with van der Waals surface area (Å²) in [4.78, 5) is 21.0. The summed E-state index contributed by atoms with van der Waals surface area (Å²) in [5.41, 5.74) is 7.16. The third-order valence-electron chi connectivity index (χ3n) is 8.32. The van der Waals surface area contributed by atoms with E-state index in [1.54, 1.807) is 24.3 Å². The Morgan fingerprint density at radius 2 is 1.69 bits per heavy atom. The van der Waals surface area contributed by atoms with E-state index in [1.807, 2.05) is 32.1 Å². The first-order chi connectivity index (χ1) is 23.7. The topological polar surface area (TPSA) is 107 Å². The largest absolute Gasteiger partial charge is 0.491 e. The van der Waals surface area contributed by atoms with Gasteiger partial charge in [0.2, 0.25) is 0 Å². The summed E-state index contributed by atoms with van der Waals surface area (Å²) >= 11 is 0. The summed E-state index contributed by atoms with van der Waals surface area (Å²) < 4.78 is 24.4. The lowest BCUT2D eigenvalue weighted by Crippen LogP contribution is -2.29. The number of nitrogens with zero attached hydrogens (tertiary/aromatic N) is 4. The molecule has 258 valence electrons. The van der Waals surface area contributed by atoms with Gasteiger partial charge in [0.15, 0.2) is 5.82 Å². The van der Waals surface area contributed by atoms with Crippen LogP contribution < -0.4 is 15.0 Å². The molecule has 1 unspecified atom stereocenters. The number of carbonyl (C=O) groups is 1. The normalized spacial score (nSPS) is 13.4. The van der Waals surface area contributed by atoms with E-state index in [0.717, 1.165) is 72.1 Å². The predicted molar refractivity (Wildman–Crippen MR) is 197 cm³/mol. The van der Waals surface area contributed by atoms with Crippen molar-refractivity contribution < 1.29 is 18.5 Å². The highest BCUT2D eigenvalue weighted by Gasteiger charge is 2.21. The van der Waals surface area contributed by atoms with Crippen molar-refractivity contribution in [2.24, 2.45) is 5.92 Å². The molecular weight excluding hydrogens is 635 g/mol. The van der Waals surface area contributed by atoms with Crippen LogP contribution in [0.3, 0.4) is 0 Å². The fourth-order valence-corrected chi connectivity index (χ4v) is 6.52. The average molecular weight is 682 g/mol. The van der Waals surface area contributed by atoms with Crippen molar-refractivity contribution in [2.45, 2.75) is 64.5 Å². The third kappa shape index (κ3) is 10.1. The lowest BCUT2D eigenvalue weighted by molar-refractivity contribution is -0.112. The summed E-state index contributed by atoms with van der Waals surface area (Å²) in [5, 5.41) is 11.2. The number of rotatable bonds is 15. The highest BCUT2D eigenvalue weighted by molar-refractivity contribution is 7.84. The summed E-state index contributed by atoms with van der Waals surface area (Å²) in [6.07, 6.45) is 4.82. The molecule has 1 aromatic heterocycles. The van der Waals surface area contributed by atoms with Crippen LogP contribution in [0.4, 0.5) is 11.4 Å². The van der Waals surface area contributed by atoms with Gasteiger partial charge in [0.1, 0.15) is 12.4 Å². The number of ether oxygens (including phenoxy) is 2. The summed E-state index contributed by atoms with van der Waals surface area (Å²) in [5.74, 6) is 1.75. The van der Waals surface area contributed by atoms with Gasteiger partial charge in [-0.05, 0) is 104 Å². The van der Waals surface area contributed by atoms with Gasteiger partial charge in [-0.3, -0.25) is 9.00 Å². The van der Waals surface area contributed by atoms with E-state index in [2.05, 4.69) is 76.5 Å². The van der Waals surface area contributed by atoms with Crippen LogP contribution in [0.25, 0.3) is 17.2 Å². The number of nitrogens with one attached hydrogen (secondary N) is 1. The quantitative estimate of drug-likeness (QED) is 0.128. The second kappa shape index (κ2) is 17.3. The SMILES string of the molecule is CCCCOCCOc1ccc(-c2ccc3c(c2)C=C(C(=O)Nc2ccc(S(=O)Cc4nnc(C)c(C)n4)cc2)CCN3CC(C)C)cc1. The number of fused-ring (bicyclic) bond motifs is 1. The molecule has 9 nitrogen and oxygen atoms in total. The molecule has 0 radical (unpaired) electrons. The van der Waals surface area contributed by atoms with E-state index >= 15 is 0 Å². The van der Waals surface area contributed by atoms with Crippen LogP contribution in [0, 0.1) is 19.8 Å². The Hall–Kier alpha value is -4.41. The van der Waals surface area contributed by atoms with Crippen molar-refractivity contribution in [3.63, 3.8) is 0 Å². The molecule has 4 aromatic rings. The Kier molecular flexibility index (Phi) is 12.7. The first-order valence-corrected chi connectivity index (χ1v) is 18.4. The second-order valence-corrected chi connectivity index (χ2v) is 14.2. The lowest BCUT2D eigenvalue weighted by Gasteiger charge is -2.27. The molecule has 3 aromatic carbocycles. The van der Waals surface area contributed by atoms with E-state index in [4.69, 9.17) is 9.47 Å². The van der Waals surface area contributed by atoms with Gasteiger partial charge >= 0.3 is 0 Å². The standard InChI is InChI=1S/C39H47N5O4S/c1-6-7-20-47-21-22-48-35-13-8-30(9-14-35)31-10-17-37-33(23-31)24-32(18-19-44(37)25-27(2)3)39(45)41-34-11-15-36(16-12-34)49(46)26-38-40-28(4)29(5)42-43-38/h8-17,23-24,27H,6-7,18-22,25-26H2,1-5H3,(H,41,45). The molecule has 0 spiro atoms. The van der Waals surface area contributed by atoms with E-state index < -0.39 is 10.8 Å². The number of anilines is 2. The molecule has 0 saturated carbocycles. The molecular formula is C39H47N5O4S. The van der Waals surface area contributed by atoms with Crippen LogP contribution in [0.1, 0.15) is 62.8 Å². The second-order valence-electron chi connectivity index (χ2n) is 12.7. The number of hydrogen-bond acceptors (Lipinski definition) is 8. The first-order valence-electron chi connectivity index (χ1n) is 17.1. The van der Waals surface area contributed by atoms with Crippen LogP contribution in [0.2, 0.25) is 0 Å². The van der Waals surface area contributed by atoms with Crippen molar-refractivity contribution in [1.29, 1.82) is 0 Å².